The van der Waals surface area contributed by atoms with Gasteiger partial charge in [0.15, 0.2) is 0 Å². The predicted molar refractivity (Wildman–Crippen MR) is 181 cm³/mol. The molecule has 0 radical (unpaired) electrons. The first kappa shape index (κ1) is 30.8. The van der Waals surface area contributed by atoms with Crippen molar-refractivity contribution in [3.05, 3.63) is 53.1 Å². The van der Waals surface area contributed by atoms with Gasteiger partial charge in [0.05, 0.1) is 54.1 Å². The van der Waals surface area contributed by atoms with Crippen molar-refractivity contribution in [3.63, 3.8) is 0 Å². The second-order valence-corrected chi connectivity index (χ2v) is 13.2. The maximum absolute atomic E-state index is 12.0. The Morgan fingerprint density at radius 3 is 2.60 bits per heavy atom. The van der Waals surface area contributed by atoms with E-state index >= 15 is 0 Å². The van der Waals surface area contributed by atoms with Crippen LogP contribution in [-0.4, -0.2) is 96.0 Å². The fourth-order valence-corrected chi connectivity index (χ4v) is 7.60. The van der Waals surface area contributed by atoms with Crippen molar-refractivity contribution in [3.8, 4) is 29.0 Å². The van der Waals surface area contributed by atoms with Crippen molar-refractivity contribution in [2.24, 2.45) is 0 Å². The molecule has 4 aromatic rings. The van der Waals surface area contributed by atoms with Gasteiger partial charge in [-0.2, -0.15) is 15.5 Å². The highest BCUT2D eigenvalue weighted by molar-refractivity contribution is 6.36. The molecule has 1 aromatic heterocycles. The van der Waals surface area contributed by atoms with Crippen LogP contribution in [-0.2, 0) is 6.42 Å². The Balaban J connectivity index is 1.44. The molecule has 3 aromatic carbocycles. The van der Waals surface area contributed by atoms with Crippen molar-refractivity contribution in [2.75, 3.05) is 63.2 Å². The summed E-state index contributed by atoms with van der Waals surface area (Å²) in [5.74, 6) is 1.95. The number of carboxylic acid groups (broad SMARTS) is 1. The van der Waals surface area contributed by atoms with Crippen molar-refractivity contribution in [2.45, 2.75) is 37.3 Å². The maximum atomic E-state index is 12.0. The molecular weight excluding hydrogens is 616 g/mol. The first-order valence-electron chi connectivity index (χ1n) is 15.8. The number of nitriles is 2. The predicted octanol–water partition coefficient (Wildman–Crippen LogP) is 5.54. The smallest absolute Gasteiger partial charge is 0.407 e. The van der Waals surface area contributed by atoms with Crippen LogP contribution in [0.4, 0.5) is 16.6 Å². The first-order valence-corrected chi connectivity index (χ1v) is 16.2. The van der Waals surface area contributed by atoms with Crippen LogP contribution in [0, 0.1) is 22.7 Å². The largest absolute Gasteiger partial charge is 0.492 e. The number of carbonyl (C=O) groups is 1. The van der Waals surface area contributed by atoms with Gasteiger partial charge in [-0.25, -0.2) is 9.78 Å². The minimum absolute atomic E-state index is 0.0743. The van der Waals surface area contributed by atoms with Gasteiger partial charge in [0.25, 0.3) is 0 Å². The number of nitrogens with zero attached hydrogens (tertiary/aromatic N) is 8. The summed E-state index contributed by atoms with van der Waals surface area (Å²) in [6.07, 6.45) is 1.09. The zero-order valence-corrected chi connectivity index (χ0v) is 27.2. The number of fused-ring (bicyclic) bond motifs is 4. The summed E-state index contributed by atoms with van der Waals surface area (Å²) >= 11 is 6.82. The number of aromatic nitrogens is 2. The van der Waals surface area contributed by atoms with Gasteiger partial charge in [0, 0.05) is 48.7 Å². The summed E-state index contributed by atoms with van der Waals surface area (Å²) in [6, 6.07) is 18.2. The van der Waals surface area contributed by atoms with Crippen LogP contribution in [0.1, 0.15) is 24.8 Å². The van der Waals surface area contributed by atoms with E-state index in [1.807, 2.05) is 32.3 Å². The lowest BCUT2D eigenvalue weighted by Crippen LogP contribution is -2.69. The normalized spacial score (nSPS) is 18.8. The molecule has 0 unspecified atom stereocenters. The molecule has 2 saturated heterocycles. The van der Waals surface area contributed by atoms with E-state index in [1.165, 1.54) is 4.90 Å². The molecule has 0 aliphatic carbocycles. The van der Waals surface area contributed by atoms with Gasteiger partial charge in [-0.1, -0.05) is 41.9 Å². The zero-order chi connectivity index (χ0) is 32.9. The van der Waals surface area contributed by atoms with Gasteiger partial charge >= 0.3 is 6.09 Å². The summed E-state index contributed by atoms with van der Waals surface area (Å²) in [5.41, 5.74) is 3.49. The molecule has 12 heteroatoms. The third-order valence-electron chi connectivity index (χ3n) is 9.94. The molecule has 1 atom stereocenters. The number of hydrogen-bond acceptors (Lipinski definition) is 9. The van der Waals surface area contributed by atoms with Crippen LogP contribution < -0.4 is 14.5 Å². The van der Waals surface area contributed by atoms with Crippen LogP contribution in [0.15, 0.2) is 42.5 Å². The molecule has 3 aliphatic heterocycles. The minimum atomic E-state index is -1.03. The van der Waals surface area contributed by atoms with E-state index in [1.54, 1.807) is 0 Å². The standard InChI is InChI=1S/C35H35ClN8O3/c1-41(2)35(12-14-38)20-43(21-35)33-39-28-18-26(24-8-3-6-22-7-4-10-27(36)29(22)24)25-9-5-17-47-31(25)30(28)32(40-33)42-15-16-44(34(45)46)23(19-42)11-13-37/h3-4,6-8,10,18,23H,5,9,11-12,15-17,19-21H2,1-2H3,(H,45,46)/t23-/m0/s1. The Hall–Kier alpha value is -4.84. The van der Waals surface area contributed by atoms with Crippen molar-refractivity contribution in [1.29, 1.82) is 10.5 Å². The third kappa shape index (κ3) is 5.20. The lowest BCUT2D eigenvalue weighted by molar-refractivity contribution is 0.115. The Morgan fingerprint density at radius 2 is 1.87 bits per heavy atom. The second-order valence-electron chi connectivity index (χ2n) is 12.8. The number of anilines is 2. The fraction of sp³-hybridized carbons (Fsp3) is 0.400. The average Bonchev–Trinajstić information content (AvgIpc) is 3.05. The van der Waals surface area contributed by atoms with Gasteiger partial charge in [-0.3, -0.25) is 4.90 Å². The Morgan fingerprint density at radius 1 is 1.09 bits per heavy atom. The number of amides is 1. The van der Waals surface area contributed by atoms with E-state index in [0.717, 1.165) is 51.4 Å². The van der Waals surface area contributed by atoms with Gasteiger partial charge in [-0.05, 0) is 55.6 Å². The molecule has 1 N–H and O–H groups in total. The highest BCUT2D eigenvalue weighted by atomic mass is 35.5. The molecule has 7 rings (SSSR count). The van der Waals surface area contributed by atoms with Crippen LogP contribution >= 0.6 is 11.6 Å². The van der Waals surface area contributed by atoms with Crippen LogP contribution in [0.2, 0.25) is 5.02 Å². The monoisotopic (exact) mass is 650 g/mol. The number of hydrogen-bond donors (Lipinski definition) is 1. The maximum Gasteiger partial charge on any atom is 0.407 e. The zero-order valence-electron chi connectivity index (χ0n) is 26.4. The molecule has 240 valence electrons. The van der Waals surface area contributed by atoms with E-state index in [2.05, 4.69) is 51.1 Å². The van der Waals surface area contributed by atoms with E-state index in [-0.39, 0.29) is 18.5 Å². The van der Waals surface area contributed by atoms with Crippen molar-refractivity contribution in [1.82, 2.24) is 19.8 Å². The number of ether oxygens (including phenoxy) is 1. The lowest BCUT2D eigenvalue weighted by atomic mass is 9.85. The number of rotatable bonds is 6. The van der Waals surface area contributed by atoms with Crippen LogP contribution in [0.5, 0.6) is 5.75 Å². The Bertz CT molecular complexity index is 1980. The molecule has 4 heterocycles. The van der Waals surface area contributed by atoms with Crippen LogP contribution in [0.3, 0.4) is 0 Å². The second kappa shape index (κ2) is 12.1. The van der Waals surface area contributed by atoms with Crippen LogP contribution in [0.25, 0.3) is 32.8 Å². The molecule has 0 spiro atoms. The van der Waals surface area contributed by atoms with E-state index in [0.29, 0.717) is 61.5 Å². The summed E-state index contributed by atoms with van der Waals surface area (Å²) in [7, 11) is 3.98. The van der Waals surface area contributed by atoms with Gasteiger partial charge < -0.3 is 24.5 Å². The minimum Gasteiger partial charge on any atom is -0.492 e. The first-order chi connectivity index (χ1) is 22.7. The molecule has 11 nitrogen and oxygen atoms in total. The molecule has 1 amide bonds. The molecule has 3 aliphatic rings. The van der Waals surface area contributed by atoms with E-state index in [9.17, 15) is 20.4 Å². The van der Waals surface area contributed by atoms with E-state index < -0.39 is 12.1 Å². The average molecular weight is 651 g/mol. The van der Waals surface area contributed by atoms with Crippen molar-refractivity contribution < 1.29 is 14.6 Å². The summed E-state index contributed by atoms with van der Waals surface area (Å²) in [5, 5.41) is 32.5. The molecule has 0 bridgehead atoms. The number of benzene rings is 3. The topological polar surface area (TPSA) is 133 Å². The van der Waals surface area contributed by atoms with E-state index in [4.69, 9.17) is 26.3 Å². The third-order valence-corrected chi connectivity index (χ3v) is 10.3. The lowest BCUT2D eigenvalue weighted by Gasteiger charge is -2.53. The van der Waals surface area contributed by atoms with Crippen molar-refractivity contribution >= 4 is 51.1 Å². The molecular formula is C35H35ClN8O3. The Labute approximate surface area is 278 Å². The van der Waals surface area contributed by atoms with Gasteiger partial charge in [0.2, 0.25) is 5.95 Å². The van der Waals surface area contributed by atoms with Gasteiger partial charge in [-0.15, -0.1) is 0 Å². The molecule has 0 saturated carbocycles. The number of halogens is 1. The number of likely N-dealkylation sites (N-methyl/N-ethyl adjacent to an activating group) is 1. The van der Waals surface area contributed by atoms with Gasteiger partial charge in [0.1, 0.15) is 11.6 Å². The molecule has 47 heavy (non-hydrogen) atoms. The highest BCUT2D eigenvalue weighted by Gasteiger charge is 2.46. The summed E-state index contributed by atoms with van der Waals surface area (Å²) in [4.78, 5) is 30.0. The number of piperazine rings is 1. The fourth-order valence-electron chi connectivity index (χ4n) is 7.32. The molecule has 2 fully saturated rings. The highest BCUT2D eigenvalue weighted by Crippen LogP contribution is 2.47. The summed E-state index contributed by atoms with van der Waals surface area (Å²) in [6.45, 7) is 2.71. The Kier molecular flexibility index (Phi) is 7.91. The quantitative estimate of drug-likeness (QED) is 0.283. The summed E-state index contributed by atoms with van der Waals surface area (Å²) < 4.78 is 6.49. The SMILES string of the molecule is CN(C)C1(CC#N)CN(c2nc(N3CCN(C(=O)O)[C@@H](CC#N)C3)c3c4c(c(-c5cccc6cccc(Cl)c56)cc3n2)CCCO4)C1.